The van der Waals surface area contributed by atoms with E-state index in [-0.39, 0.29) is 0 Å². The molecule has 2 aromatic rings. The molecule has 0 aliphatic heterocycles. The van der Waals surface area contributed by atoms with E-state index in [9.17, 15) is 5.11 Å². The van der Waals surface area contributed by atoms with Crippen molar-refractivity contribution in [1.82, 2.24) is 0 Å². The van der Waals surface area contributed by atoms with Crippen molar-refractivity contribution < 1.29 is 5.11 Å². The SMILES string of the molecule is Cc1sc(C(O)Cc2ccccc2)cc1Br. The van der Waals surface area contributed by atoms with E-state index >= 15 is 0 Å². The van der Waals surface area contributed by atoms with Gasteiger partial charge in [0.2, 0.25) is 0 Å². The van der Waals surface area contributed by atoms with Crippen molar-refractivity contribution in [2.24, 2.45) is 0 Å². The highest BCUT2D eigenvalue weighted by molar-refractivity contribution is 9.10. The zero-order valence-electron chi connectivity index (χ0n) is 8.98. The summed E-state index contributed by atoms with van der Waals surface area (Å²) in [5, 5.41) is 10.1. The highest BCUT2D eigenvalue weighted by atomic mass is 79.9. The third kappa shape index (κ3) is 2.73. The van der Waals surface area contributed by atoms with Crippen molar-refractivity contribution in [3.05, 3.63) is 56.2 Å². The Morgan fingerprint density at radius 3 is 2.56 bits per heavy atom. The van der Waals surface area contributed by atoms with E-state index in [0.717, 1.165) is 14.9 Å². The van der Waals surface area contributed by atoms with Crippen LogP contribution in [0.1, 0.15) is 21.4 Å². The van der Waals surface area contributed by atoms with Crippen LogP contribution in [-0.2, 0) is 6.42 Å². The van der Waals surface area contributed by atoms with Crippen LogP contribution < -0.4 is 0 Å². The van der Waals surface area contributed by atoms with Crippen molar-refractivity contribution in [1.29, 1.82) is 0 Å². The molecule has 1 heterocycles. The molecule has 16 heavy (non-hydrogen) atoms. The lowest BCUT2D eigenvalue weighted by Gasteiger charge is -2.07. The molecular weight excluding hydrogens is 284 g/mol. The lowest BCUT2D eigenvalue weighted by Crippen LogP contribution is -1.98. The van der Waals surface area contributed by atoms with E-state index in [1.165, 1.54) is 4.88 Å². The van der Waals surface area contributed by atoms with E-state index in [4.69, 9.17) is 0 Å². The first-order chi connectivity index (χ1) is 7.66. The maximum absolute atomic E-state index is 10.1. The van der Waals surface area contributed by atoms with Crippen LogP contribution in [0.2, 0.25) is 0 Å². The van der Waals surface area contributed by atoms with Crippen molar-refractivity contribution in [2.45, 2.75) is 19.4 Å². The predicted octanol–water partition coefficient (Wildman–Crippen LogP) is 4.10. The molecule has 0 aliphatic carbocycles. The van der Waals surface area contributed by atoms with Crippen LogP contribution in [-0.4, -0.2) is 5.11 Å². The molecule has 1 aromatic heterocycles. The zero-order chi connectivity index (χ0) is 11.5. The summed E-state index contributed by atoms with van der Waals surface area (Å²) in [6.45, 7) is 2.05. The number of aliphatic hydroxyl groups excluding tert-OH is 1. The molecule has 1 atom stereocenters. The summed E-state index contributed by atoms with van der Waals surface area (Å²) >= 11 is 5.11. The quantitative estimate of drug-likeness (QED) is 0.904. The minimum atomic E-state index is -0.405. The van der Waals surface area contributed by atoms with Gasteiger partial charge in [0.05, 0.1) is 6.10 Å². The molecule has 0 saturated carbocycles. The Bertz CT molecular complexity index is 445. The maximum atomic E-state index is 10.1. The minimum absolute atomic E-state index is 0.405. The van der Waals surface area contributed by atoms with Crippen LogP contribution in [0.25, 0.3) is 0 Å². The molecule has 1 nitrogen and oxygen atoms in total. The third-order valence-corrected chi connectivity index (χ3v) is 4.71. The van der Waals surface area contributed by atoms with Gasteiger partial charge < -0.3 is 5.11 Å². The Hall–Kier alpha value is -0.640. The van der Waals surface area contributed by atoms with Gasteiger partial charge >= 0.3 is 0 Å². The van der Waals surface area contributed by atoms with Gasteiger partial charge in [-0.2, -0.15) is 0 Å². The van der Waals surface area contributed by atoms with Crippen LogP contribution in [0.3, 0.4) is 0 Å². The van der Waals surface area contributed by atoms with Gasteiger partial charge in [0, 0.05) is 20.6 Å². The molecule has 1 unspecified atom stereocenters. The van der Waals surface area contributed by atoms with Crippen LogP contribution in [0.15, 0.2) is 40.9 Å². The Kier molecular flexibility index (Phi) is 3.79. The summed E-state index contributed by atoms with van der Waals surface area (Å²) in [5.74, 6) is 0. The van der Waals surface area contributed by atoms with Crippen LogP contribution in [0, 0.1) is 6.92 Å². The maximum Gasteiger partial charge on any atom is 0.0922 e. The monoisotopic (exact) mass is 296 g/mol. The Morgan fingerprint density at radius 1 is 1.31 bits per heavy atom. The summed E-state index contributed by atoms with van der Waals surface area (Å²) in [7, 11) is 0. The number of aliphatic hydroxyl groups is 1. The van der Waals surface area contributed by atoms with Crippen molar-refractivity contribution in [3.8, 4) is 0 Å². The topological polar surface area (TPSA) is 20.2 Å². The van der Waals surface area contributed by atoms with E-state index in [1.54, 1.807) is 11.3 Å². The first kappa shape index (κ1) is 11.8. The average Bonchev–Trinajstić information content (AvgIpc) is 2.61. The van der Waals surface area contributed by atoms with Gasteiger partial charge in [0.25, 0.3) is 0 Å². The molecule has 0 fully saturated rings. The third-order valence-electron chi connectivity index (χ3n) is 2.48. The molecule has 0 saturated heterocycles. The fraction of sp³-hybridized carbons (Fsp3) is 0.231. The predicted molar refractivity (Wildman–Crippen MR) is 71.9 cm³/mol. The smallest absolute Gasteiger partial charge is 0.0922 e. The highest BCUT2D eigenvalue weighted by Crippen LogP contribution is 2.31. The molecule has 0 radical (unpaired) electrons. The first-order valence-corrected chi connectivity index (χ1v) is 6.75. The lowest BCUT2D eigenvalue weighted by molar-refractivity contribution is 0.182. The van der Waals surface area contributed by atoms with Crippen molar-refractivity contribution >= 4 is 27.3 Å². The van der Waals surface area contributed by atoms with Gasteiger partial charge in [-0.3, -0.25) is 0 Å². The minimum Gasteiger partial charge on any atom is -0.387 e. The number of halogens is 1. The van der Waals surface area contributed by atoms with E-state index in [2.05, 4.69) is 15.9 Å². The van der Waals surface area contributed by atoms with Gasteiger partial charge in [-0.05, 0) is 34.5 Å². The Morgan fingerprint density at radius 2 is 2.00 bits per heavy atom. The van der Waals surface area contributed by atoms with Crippen LogP contribution >= 0.6 is 27.3 Å². The summed E-state index contributed by atoms with van der Waals surface area (Å²) < 4.78 is 1.08. The molecule has 2 rings (SSSR count). The summed E-state index contributed by atoms with van der Waals surface area (Å²) in [6.07, 6.45) is 0.269. The van der Waals surface area contributed by atoms with Crippen molar-refractivity contribution in [3.63, 3.8) is 0 Å². The summed E-state index contributed by atoms with van der Waals surface area (Å²) in [4.78, 5) is 2.23. The number of benzene rings is 1. The largest absolute Gasteiger partial charge is 0.387 e. The molecule has 84 valence electrons. The van der Waals surface area contributed by atoms with Gasteiger partial charge in [-0.15, -0.1) is 11.3 Å². The number of thiophene rings is 1. The van der Waals surface area contributed by atoms with Gasteiger partial charge in [-0.1, -0.05) is 30.3 Å². The standard InChI is InChI=1S/C13H13BrOS/c1-9-11(14)8-13(16-9)12(15)7-10-5-3-2-4-6-10/h2-6,8,12,15H,7H2,1H3. The number of rotatable bonds is 3. The van der Waals surface area contributed by atoms with Gasteiger partial charge in [-0.25, -0.2) is 0 Å². The Labute approximate surface area is 108 Å². The van der Waals surface area contributed by atoms with Gasteiger partial charge in [0.1, 0.15) is 0 Å². The van der Waals surface area contributed by atoms with E-state index < -0.39 is 6.10 Å². The van der Waals surface area contributed by atoms with Crippen LogP contribution in [0.5, 0.6) is 0 Å². The molecule has 3 heteroatoms. The van der Waals surface area contributed by atoms with Crippen LogP contribution in [0.4, 0.5) is 0 Å². The molecule has 0 spiro atoms. The highest BCUT2D eigenvalue weighted by Gasteiger charge is 2.12. The van der Waals surface area contributed by atoms with E-state index in [1.807, 2.05) is 43.3 Å². The number of hydrogen-bond acceptors (Lipinski definition) is 2. The molecule has 1 N–H and O–H groups in total. The molecule has 0 amide bonds. The second-order valence-corrected chi connectivity index (χ2v) is 5.90. The molecule has 0 aliphatic rings. The average molecular weight is 297 g/mol. The fourth-order valence-corrected chi connectivity index (χ4v) is 3.13. The summed E-state index contributed by atoms with van der Waals surface area (Å²) in [6, 6.07) is 12.1. The molecular formula is C13H13BrOS. The molecule has 1 aromatic carbocycles. The Balaban J connectivity index is 2.11. The van der Waals surface area contributed by atoms with Gasteiger partial charge in [0.15, 0.2) is 0 Å². The van der Waals surface area contributed by atoms with Crippen molar-refractivity contribution in [2.75, 3.05) is 0 Å². The number of aryl methyl sites for hydroxylation is 1. The normalized spacial score (nSPS) is 12.7. The summed E-state index contributed by atoms with van der Waals surface area (Å²) in [5.41, 5.74) is 1.16. The lowest BCUT2D eigenvalue weighted by atomic mass is 10.1. The second-order valence-electron chi connectivity index (χ2n) is 3.76. The second kappa shape index (κ2) is 5.13. The molecule has 0 bridgehead atoms. The zero-order valence-corrected chi connectivity index (χ0v) is 11.4. The first-order valence-electron chi connectivity index (χ1n) is 5.14. The van der Waals surface area contributed by atoms with E-state index in [0.29, 0.717) is 6.42 Å². The number of hydrogen-bond donors (Lipinski definition) is 1. The fourth-order valence-electron chi connectivity index (χ4n) is 1.58.